The maximum atomic E-state index is 13.0. The molecule has 1 aromatic heterocycles. The molecule has 0 fully saturated rings. The lowest BCUT2D eigenvalue weighted by Crippen LogP contribution is -2.34. The van der Waals surface area contributed by atoms with Crippen LogP contribution in [0.15, 0.2) is 34.9 Å². The summed E-state index contributed by atoms with van der Waals surface area (Å²) in [6, 6.07) is 6.28. The maximum Gasteiger partial charge on any atom is 0.417 e. The minimum absolute atomic E-state index is 0.0166. The summed E-state index contributed by atoms with van der Waals surface area (Å²) < 4.78 is 54.4. The smallest absolute Gasteiger partial charge is 0.417 e. The Morgan fingerprint density at radius 3 is 2.58 bits per heavy atom. The number of alkyl carbamates (subject to hydrolysis) is 1. The van der Waals surface area contributed by atoms with E-state index in [1.165, 1.54) is 24.3 Å². The fraction of sp³-hybridized carbons (Fsp3) is 0.412. The van der Waals surface area contributed by atoms with Gasteiger partial charge in [-0.05, 0) is 32.0 Å². The van der Waals surface area contributed by atoms with Crippen LogP contribution < -0.4 is 10.1 Å². The Hall–Kier alpha value is -2.71. The number of halogens is 3. The summed E-state index contributed by atoms with van der Waals surface area (Å²) in [5.41, 5.74) is -1.57. The van der Waals surface area contributed by atoms with Gasteiger partial charge in [-0.15, -0.1) is 0 Å². The standard InChI is InChI=1S/C17H19F3N2O4/c1-16(2,3)25-15(23)21-8-9-24-14-10-13(26-22-14)11-6-4-5-7-12(11)17(18,19)20/h4-7,10H,8-9H2,1-3H3,(H,21,23). The molecule has 0 spiro atoms. The highest BCUT2D eigenvalue weighted by atomic mass is 19.4. The summed E-state index contributed by atoms with van der Waals surface area (Å²) in [5.74, 6) is -0.0454. The Morgan fingerprint density at radius 2 is 1.92 bits per heavy atom. The second kappa shape index (κ2) is 7.67. The van der Waals surface area contributed by atoms with Gasteiger partial charge in [0.05, 0.1) is 12.1 Å². The van der Waals surface area contributed by atoms with Gasteiger partial charge in [-0.1, -0.05) is 18.2 Å². The SMILES string of the molecule is CC(C)(C)OC(=O)NCCOc1cc(-c2ccccc2C(F)(F)F)on1. The molecule has 2 aromatic rings. The third-order valence-corrected chi connectivity index (χ3v) is 3.01. The first-order valence-electron chi connectivity index (χ1n) is 7.79. The zero-order valence-corrected chi connectivity index (χ0v) is 14.5. The van der Waals surface area contributed by atoms with Gasteiger partial charge in [-0.2, -0.15) is 13.2 Å². The first-order chi connectivity index (χ1) is 12.1. The van der Waals surface area contributed by atoms with Crippen LogP contribution in [0, 0.1) is 0 Å². The number of benzene rings is 1. The van der Waals surface area contributed by atoms with Crippen molar-refractivity contribution >= 4 is 6.09 Å². The number of amides is 1. The minimum Gasteiger partial charge on any atom is -0.474 e. The number of hydrogen-bond acceptors (Lipinski definition) is 5. The van der Waals surface area contributed by atoms with Crippen LogP contribution in [0.25, 0.3) is 11.3 Å². The number of aromatic nitrogens is 1. The zero-order chi connectivity index (χ0) is 19.4. The van der Waals surface area contributed by atoms with Gasteiger partial charge in [0, 0.05) is 11.6 Å². The molecule has 0 saturated heterocycles. The van der Waals surface area contributed by atoms with Crippen LogP contribution in [-0.4, -0.2) is 30.0 Å². The lowest BCUT2D eigenvalue weighted by Gasteiger charge is -2.19. The predicted molar refractivity (Wildman–Crippen MR) is 86.7 cm³/mol. The molecule has 0 atom stereocenters. The van der Waals surface area contributed by atoms with E-state index in [2.05, 4.69) is 10.5 Å². The minimum atomic E-state index is -4.51. The summed E-state index contributed by atoms with van der Waals surface area (Å²) in [7, 11) is 0. The molecular formula is C17H19F3N2O4. The Labute approximate surface area is 148 Å². The van der Waals surface area contributed by atoms with E-state index >= 15 is 0 Å². The molecule has 142 valence electrons. The second-order valence-corrected chi connectivity index (χ2v) is 6.35. The maximum absolute atomic E-state index is 13.0. The van der Waals surface area contributed by atoms with Gasteiger partial charge in [0.2, 0.25) is 0 Å². The number of nitrogens with zero attached hydrogens (tertiary/aromatic N) is 1. The number of nitrogens with one attached hydrogen (secondary N) is 1. The molecule has 2 rings (SSSR count). The van der Waals surface area contributed by atoms with E-state index in [0.29, 0.717) is 0 Å². The molecular weight excluding hydrogens is 353 g/mol. The van der Waals surface area contributed by atoms with Crippen molar-refractivity contribution in [1.29, 1.82) is 0 Å². The number of hydrogen-bond donors (Lipinski definition) is 1. The van der Waals surface area contributed by atoms with E-state index in [1.54, 1.807) is 20.8 Å². The molecule has 26 heavy (non-hydrogen) atoms. The van der Waals surface area contributed by atoms with Crippen LogP contribution in [0.5, 0.6) is 5.88 Å². The monoisotopic (exact) mass is 372 g/mol. The van der Waals surface area contributed by atoms with E-state index < -0.39 is 23.4 Å². The highest BCUT2D eigenvalue weighted by molar-refractivity contribution is 5.67. The zero-order valence-electron chi connectivity index (χ0n) is 14.5. The first-order valence-corrected chi connectivity index (χ1v) is 7.79. The molecule has 9 heteroatoms. The van der Waals surface area contributed by atoms with E-state index in [4.69, 9.17) is 14.0 Å². The van der Waals surface area contributed by atoms with Crippen molar-refractivity contribution in [3.05, 3.63) is 35.9 Å². The Bertz CT molecular complexity index is 751. The van der Waals surface area contributed by atoms with Gasteiger partial charge in [-0.25, -0.2) is 4.79 Å². The molecule has 1 aromatic carbocycles. The van der Waals surface area contributed by atoms with Crippen molar-refractivity contribution in [2.75, 3.05) is 13.2 Å². The molecule has 1 amide bonds. The van der Waals surface area contributed by atoms with Crippen molar-refractivity contribution in [1.82, 2.24) is 10.5 Å². The van der Waals surface area contributed by atoms with E-state index in [9.17, 15) is 18.0 Å². The van der Waals surface area contributed by atoms with Gasteiger partial charge in [0.1, 0.15) is 12.2 Å². The molecule has 1 N–H and O–H groups in total. The molecule has 0 saturated carbocycles. The van der Waals surface area contributed by atoms with Crippen LogP contribution in [0.2, 0.25) is 0 Å². The van der Waals surface area contributed by atoms with Crippen molar-refractivity contribution in [3.8, 4) is 17.2 Å². The lowest BCUT2D eigenvalue weighted by atomic mass is 10.1. The van der Waals surface area contributed by atoms with Crippen molar-refractivity contribution in [2.24, 2.45) is 0 Å². The highest BCUT2D eigenvalue weighted by Gasteiger charge is 2.34. The highest BCUT2D eigenvalue weighted by Crippen LogP contribution is 2.37. The molecule has 6 nitrogen and oxygen atoms in total. The van der Waals surface area contributed by atoms with Crippen molar-refractivity contribution < 1.29 is 32.0 Å². The summed E-state index contributed by atoms with van der Waals surface area (Å²) >= 11 is 0. The van der Waals surface area contributed by atoms with Crippen LogP contribution >= 0.6 is 0 Å². The average Bonchev–Trinajstić information content (AvgIpc) is 2.98. The van der Waals surface area contributed by atoms with Crippen molar-refractivity contribution in [2.45, 2.75) is 32.5 Å². The molecule has 0 bridgehead atoms. The van der Waals surface area contributed by atoms with Gasteiger partial charge in [-0.3, -0.25) is 0 Å². The summed E-state index contributed by atoms with van der Waals surface area (Å²) in [6.07, 6.45) is -5.11. The molecule has 0 aliphatic heterocycles. The summed E-state index contributed by atoms with van der Waals surface area (Å²) in [5, 5.41) is 6.07. The number of carbonyl (C=O) groups excluding carboxylic acids is 1. The van der Waals surface area contributed by atoms with Gasteiger partial charge < -0.3 is 19.3 Å². The van der Waals surface area contributed by atoms with Crippen LogP contribution in [0.1, 0.15) is 26.3 Å². The molecule has 0 unspecified atom stereocenters. The van der Waals surface area contributed by atoms with Gasteiger partial charge >= 0.3 is 12.3 Å². The fourth-order valence-electron chi connectivity index (χ4n) is 2.02. The molecule has 0 radical (unpaired) electrons. The summed E-state index contributed by atoms with van der Waals surface area (Å²) in [6.45, 7) is 5.39. The van der Waals surface area contributed by atoms with Crippen molar-refractivity contribution in [3.63, 3.8) is 0 Å². The van der Waals surface area contributed by atoms with Crippen LogP contribution in [0.3, 0.4) is 0 Å². The topological polar surface area (TPSA) is 73.6 Å². The number of alkyl halides is 3. The molecule has 0 aliphatic rings. The largest absolute Gasteiger partial charge is 0.474 e. The van der Waals surface area contributed by atoms with Gasteiger partial charge in [0.25, 0.3) is 5.88 Å². The molecule has 0 aliphatic carbocycles. The second-order valence-electron chi connectivity index (χ2n) is 6.35. The third kappa shape index (κ3) is 5.68. The normalized spacial score (nSPS) is 11.9. The Morgan fingerprint density at radius 1 is 1.23 bits per heavy atom. The first kappa shape index (κ1) is 19.6. The van der Waals surface area contributed by atoms with Crippen LogP contribution in [0.4, 0.5) is 18.0 Å². The number of ether oxygens (including phenoxy) is 2. The van der Waals surface area contributed by atoms with E-state index in [-0.39, 0.29) is 30.4 Å². The number of rotatable bonds is 5. The van der Waals surface area contributed by atoms with Crippen LogP contribution in [-0.2, 0) is 10.9 Å². The fourth-order valence-corrected chi connectivity index (χ4v) is 2.02. The quantitative estimate of drug-likeness (QED) is 0.794. The number of carbonyl (C=O) groups is 1. The predicted octanol–water partition coefficient (Wildman–Crippen LogP) is 4.26. The Balaban J connectivity index is 1.92. The third-order valence-electron chi connectivity index (χ3n) is 3.01. The Kier molecular flexibility index (Phi) is 5.79. The lowest BCUT2D eigenvalue weighted by molar-refractivity contribution is -0.137. The average molecular weight is 372 g/mol. The molecule has 1 heterocycles. The van der Waals surface area contributed by atoms with Gasteiger partial charge in [0.15, 0.2) is 5.76 Å². The van der Waals surface area contributed by atoms with E-state index in [1.807, 2.05) is 0 Å². The van der Waals surface area contributed by atoms with E-state index in [0.717, 1.165) is 6.07 Å². The summed E-state index contributed by atoms with van der Waals surface area (Å²) in [4.78, 5) is 11.5.